The maximum Gasteiger partial charge on any atom is 1.00 e. The van der Waals surface area contributed by atoms with Crippen molar-refractivity contribution in [3.05, 3.63) is 94.0 Å². The number of anilines is 4. The van der Waals surface area contributed by atoms with E-state index in [4.69, 9.17) is 0 Å². The van der Waals surface area contributed by atoms with E-state index in [-0.39, 0.29) is 104 Å². The van der Waals surface area contributed by atoms with Crippen LogP contribution in [0.5, 0.6) is 11.5 Å². The van der Waals surface area contributed by atoms with Gasteiger partial charge in [0.1, 0.15) is 31.7 Å². The van der Waals surface area contributed by atoms with E-state index >= 15 is 0 Å². The molecule has 0 saturated carbocycles. The van der Waals surface area contributed by atoms with E-state index in [1.54, 1.807) is 0 Å². The Morgan fingerprint density at radius 2 is 0.909 bits per heavy atom. The number of carbonyl (C=O) groups excluding carboxylic acids is 2. The third kappa shape index (κ3) is 6.60. The Morgan fingerprint density at radius 3 is 1.23 bits per heavy atom. The second kappa shape index (κ2) is 12.9. The van der Waals surface area contributed by atoms with Crippen LogP contribution in [0.3, 0.4) is 0 Å². The number of fused-ring (bicyclic) bond motifs is 2. The van der Waals surface area contributed by atoms with E-state index in [2.05, 4.69) is 10.6 Å². The molecule has 0 bridgehead atoms. The van der Waals surface area contributed by atoms with Gasteiger partial charge >= 0.3 is 59.1 Å². The van der Waals surface area contributed by atoms with Gasteiger partial charge in [-0.15, -0.1) is 0 Å². The van der Waals surface area contributed by atoms with Crippen molar-refractivity contribution in [2.24, 2.45) is 0 Å². The third-order valence-corrected chi connectivity index (χ3v) is 8.70. The van der Waals surface area contributed by atoms with E-state index < -0.39 is 64.2 Å². The smallest absolute Gasteiger partial charge is 0.744 e. The zero-order valence-electron chi connectivity index (χ0n) is 23.8. The first-order valence-corrected chi connectivity index (χ1v) is 14.9. The number of phenolic OH excluding ortho intramolecular Hbond substituents is 2. The van der Waals surface area contributed by atoms with Crippen molar-refractivity contribution in [2.75, 3.05) is 10.6 Å². The molecular formula is C28H20N2Na2O10S2. The van der Waals surface area contributed by atoms with Gasteiger partial charge in [-0.3, -0.25) is 9.59 Å². The van der Waals surface area contributed by atoms with Crippen LogP contribution in [0.1, 0.15) is 43.0 Å². The van der Waals surface area contributed by atoms with Crippen molar-refractivity contribution in [3.63, 3.8) is 0 Å². The average molecular weight is 655 g/mol. The largest absolute Gasteiger partial charge is 1.00 e. The first kappa shape index (κ1) is 35.7. The van der Waals surface area contributed by atoms with Gasteiger partial charge in [0.05, 0.1) is 43.4 Å². The fourth-order valence-corrected chi connectivity index (χ4v) is 6.25. The first-order valence-electron chi connectivity index (χ1n) is 12.1. The molecular weight excluding hydrogens is 634 g/mol. The molecule has 44 heavy (non-hydrogen) atoms. The summed E-state index contributed by atoms with van der Waals surface area (Å²) in [7, 11) is -9.68. The number of aryl methyl sites for hydroxylation is 2. The normalized spacial score (nSPS) is 12.4. The minimum absolute atomic E-state index is 0. The maximum atomic E-state index is 13.8. The summed E-state index contributed by atoms with van der Waals surface area (Å²) in [6, 6.07) is 12.6. The van der Waals surface area contributed by atoms with E-state index in [0.29, 0.717) is 0 Å². The Hall–Kier alpha value is -2.76. The minimum Gasteiger partial charge on any atom is -0.744 e. The molecule has 4 aromatic rings. The standard InChI is InChI=1S/C28H22N2O10S2.2Na/c1-13-3-5-15(11-21(13)41(35,36)37)29-17-7-8-18(30-16-6-4-14(2)22(12-16)42(38,39)40)24-23(17)27(33)25-19(31)9-10-20(32)26(25)28(24)34;;/h3-12,29-32H,1-2H3,(H,35,36,37)(H,38,39,40);;/q;2*+1/p-2. The monoisotopic (exact) mass is 654 g/mol. The molecule has 4 aromatic carbocycles. The van der Waals surface area contributed by atoms with Gasteiger partial charge in [0, 0.05) is 11.4 Å². The molecule has 0 saturated heterocycles. The molecule has 0 atom stereocenters. The van der Waals surface area contributed by atoms with Gasteiger partial charge in [-0.25, -0.2) is 16.8 Å². The zero-order valence-corrected chi connectivity index (χ0v) is 29.4. The number of aromatic hydroxyl groups is 2. The number of phenols is 2. The van der Waals surface area contributed by atoms with Crippen molar-refractivity contribution >= 4 is 54.6 Å². The van der Waals surface area contributed by atoms with Gasteiger partial charge in [0.25, 0.3) is 0 Å². The summed E-state index contributed by atoms with van der Waals surface area (Å²) in [6.45, 7) is 2.86. The van der Waals surface area contributed by atoms with Gasteiger partial charge in [0.2, 0.25) is 11.6 Å². The average Bonchev–Trinajstić information content (AvgIpc) is 2.90. The SMILES string of the molecule is Cc1ccc(Nc2ccc(Nc3ccc(C)c(S(=O)(=O)[O-])c3)c3c2C(=O)c2c(O)ccc(O)c2C3=O)cc1S(=O)(=O)[O-].[Na+].[Na+]. The Bertz CT molecular complexity index is 1940. The van der Waals surface area contributed by atoms with E-state index in [1.807, 2.05) is 0 Å². The minimum atomic E-state index is -4.84. The number of hydrogen-bond donors (Lipinski definition) is 4. The molecule has 0 amide bonds. The van der Waals surface area contributed by atoms with Crippen molar-refractivity contribution in [1.82, 2.24) is 0 Å². The van der Waals surface area contributed by atoms with E-state index in [0.717, 1.165) is 24.3 Å². The summed E-state index contributed by atoms with van der Waals surface area (Å²) in [4.78, 5) is 26.6. The van der Waals surface area contributed by atoms with Crippen molar-refractivity contribution in [3.8, 4) is 11.5 Å². The van der Waals surface area contributed by atoms with Crippen LogP contribution in [0.25, 0.3) is 0 Å². The molecule has 12 nitrogen and oxygen atoms in total. The van der Waals surface area contributed by atoms with Gasteiger partial charge in [-0.1, -0.05) is 12.1 Å². The number of hydrogen-bond acceptors (Lipinski definition) is 12. The van der Waals surface area contributed by atoms with Crippen molar-refractivity contribution < 1.29 is 105 Å². The molecule has 0 radical (unpaired) electrons. The van der Waals surface area contributed by atoms with Crippen LogP contribution >= 0.6 is 0 Å². The molecule has 0 aromatic heterocycles. The van der Waals surface area contributed by atoms with Gasteiger partial charge in [-0.2, -0.15) is 0 Å². The molecule has 0 heterocycles. The van der Waals surface area contributed by atoms with Crippen LogP contribution in [-0.2, 0) is 20.2 Å². The zero-order chi connectivity index (χ0) is 30.7. The molecule has 1 aliphatic rings. The molecule has 4 N–H and O–H groups in total. The second-order valence-electron chi connectivity index (χ2n) is 9.54. The molecule has 0 aliphatic heterocycles. The first-order chi connectivity index (χ1) is 19.6. The van der Waals surface area contributed by atoms with Crippen LogP contribution < -0.4 is 69.7 Å². The number of ketones is 2. The number of nitrogens with one attached hydrogen (secondary N) is 2. The van der Waals surface area contributed by atoms with Gasteiger partial charge in [0.15, 0.2) is 0 Å². The van der Waals surface area contributed by atoms with Gasteiger partial charge < -0.3 is 30.0 Å². The molecule has 0 unspecified atom stereocenters. The van der Waals surface area contributed by atoms with Crippen LogP contribution in [-0.4, -0.2) is 47.7 Å². The molecule has 1 aliphatic carbocycles. The number of carbonyl (C=O) groups is 2. The summed E-state index contributed by atoms with van der Waals surface area (Å²) in [5.41, 5.74) is -0.918. The topological polar surface area (TPSA) is 213 Å². The fraction of sp³-hybridized carbons (Fsp3) is 0.0714. The fourth-order valence-electron chi connectivity index (χ4n) is 4.78. The summed E-state index contributed by atoms with van der Waals surface area (Å²) >= 11 is 0. The second-order valence-corrected chi connectivity index (χ2v) is 12.2. The molecule has 0 spiro atoms. The Kier molecular flexibility index (Phi) is 10.5. The Morgan fingerprint density at radius 1 is 0.568 bits per heavy atom. The molecule has 5 rings (SSSR count). The predicted molar refractivity (Wildman–Crippen MR) is 148 cm³/mol. The van der Waals surface area contributed by atoms with Crippen LogP contribution in [0, 0.1) is 13.8 Å². The number of benzene rings is 4. The van der Waals surface area contributed by atoms with Crippen LogP contribution in [0.4, 0.5) is 22.7 Å². The summed E-state index contributed by atoms with van der Waals surface area (Å²) in [5.74, 6) is -2.88. The quantitative estimate of drug-likeness (QED) is 0.0872. The van der Waals surface area contributed by atoms with Gasteiger partial charge in [-0.05, 0) is 73.5 Å². The molecule has 16 heteroatoms. The van der Waals surface area contributed by atoms with Crippen LogP contribution in [0.2, 0.25) is 0 Å². The van der Waals surface area contributed by atoms with E-state index in [9.17, 15) is 45.7 Å². The predicted octanol–water partition coefficient (Wildman–Crippen LogP) is -2.21. The summed E-state index contributed by atoms with van der Waals surface area (Å²) in [6.07, 6.45) is 0. The van der Waals surface area contributed by atoms with Crippen molar-refractivity contribution in [1.29, 1.82) is 0 Å². The Balaban J connectivity index is 0.00000264. The van der Waals surface area contributed by atoms with Crippen LogP contribution in [0.15, 0.2) is 70.5 Å². The summed E-state index contributed by atoms with van der Waals surface area (Å²) in [5, 5.41) is 26.6. The molecule has 0 fully saturated rings. The third-order valence-electron chi connectivity index (χ3n) is 6.75. The summed E-state index contributed by atoms with van der Waals surface area (Å²) < 4.78 is 70.3. The van der Waals surface area contributed by atoms with Crippen molar-refractivity contribution in [2.45, 2.75) is 23.6 Å². The Labute approximate surface area is 296 Å². The molecule has 216 valence electrons. The maximum absolute atomic E-state index is 13.8. The number of rotatable bonds is 6. The van der Waals surface area contributed by atoms with E-state index in [1.165, 1.54) is 50.2 Å².